The summed E-state index contributed by atoms with van der Waals surface area (Å²) in [5, 5.41) is 13.0. The number of phenolic OH excluding ortho intramolecular Hbond substituents is 1. The number of carbonyl (C=O) groups excluding carboxylic acids is 2. The average molecular weight is 426 g/mol. The molecule has 0 aliphatic carbocycles. The van der Waals surface area contributed by atoms with Gasteiger partial charge in [0.15, 0.2) is 0 Å². The lowest BCUT2D eigenvalue weighted by Gasteiger charge is -2.33. The van der Waals surface area contributed by atoms with Crippen LogP contribution in [-0.4, -0.2) is 35.3 Å². The maximum Gasteiger partial charge on any atom is 0.342 e. The van der Waals surface area contributed by atoms with Gasteiger partial charge in [0.1, 0.15) is 17.4 Å². The van der Waals surface area contributed by atoms with Crippen LogP contribution in [0.3, 0.4) is 0 Å². The Hall–Kier alpha value is -2.86. The lowest BCUT2D eigenvalue weighted by molar-refractivity contribution is -0.115. The predicted octanol–water partition coefficient (Wildman–Crippen LogP) is 4.34. The molecule has 3 rings (SSSR count). The van der Waals surface area contributed by atoms with Crippen molar-refractivity contribution >= 4 is 11.9 Å². The van der Waals surface area contributed by atoms with E-state index in [0.717, 1.165) is 31.2 Å². The van der Waals surface area contributed by atoms with Gasteiger partial charge in [0.25, 0.3) is 0 Å². The van der Waals surface area contributed by atoms with E-state index in [9.17, 15) is 14.7 Å². The molecule has 2 aliphatic heterocycles. The quantitative estimate of drug-likeness (QED) is 0.402. The molecule has 3 atom stereocenters. The SMILES string of the molecule is CC/C=C\C=C/C(=O)N/C=C/C[C@H]1C[C@H]2CCC[C@@H](Cc3cccc(O)c3C(=O)O1)O2. The fourth-order valence-electron chi connectivity index (χ4n) is 4.01. The number of fused-ring (bicyclic) bond motifs is 3. The van der Waals surface area contributed by atoms with Crippen molar-refractivity contribution in [2.45, 2.75) is 70.2 Å². The zero-order chi connectivity index (χ0) is 22.1. The summed E-state index contributed by atoms with van der Waals surface area (Å²) in [6.07, 6.45) is 15.4. The minimum atomic E-state index is -0.513. The number of hydrogen-bond acceptors (Lipinski definition) is 5. The first-order valence-electron chi connectivity index (χ1n) is 11.0. The van der Waals surface area contributed by atoms with Gasteiger partial charge in [-0.25, -0.2) is 4.79 Å². The standard InChI is InChI=1S/C25H31NO5/c1-2-3-4-5-14-23(28)26-15-8-12-21-17-20-11-7-10-19(30-20)16-18-9-6-13-22(27)24(18)25(29)31-21/h3-6,8-9,13-15,19-21,27H,2,7,10-12,16-17H2,1H3,(H,26,28)/b4-3-,14-5-,15-8+/t19-,20+,21-/m0/s1. The van der Waals surface area contributed by atoms with Gasteiger partial charge in [-0.1, -0.05) is 43.4 Å². The molecule has 0 saturated carbocycles. The number of hydrogen-bond donors (Lipinski definition) is 2. The number of amides is 1. The third-order valence-electron chi connectivity index (χ3n) is 5.49. The van der Waals surface area contributed by atoms with Gasteiger partial charge in [0.05, 0.1) is 12.2 Å². The molecule has 1 amide bonds. The zero-order valence-corrected chi connectivity index (χ0v) is 18.0. The van der Waals surface area contributed by atoms with Crippen molar-refractivity contribution in [1.82, 2.24) is 5.32 Å². The Bertz CT molecular complexity index is 857. The summed E-state index contributed by atoms with van der Waals surface area (Å²) in [5.74, 6) is -0.806. The molecule has 2 heterocycles. The van der Waals surface area contributed by atoms with Gasteiger partial charge in [-0.2, -0.15) is 0 Å². The number of nitrogens with one attached hydrogen (secondary N) is 1. The second-order valence-electron chi connectivity index (χ2n) is 7.93. The molecule has 1 aromatic rings. The van der Waals surface area contributed by atoms with Gasteiger partial charge in [-0.15, -0.1) is 0 Å². The maximum absolute atomic E-state index is 12.9. The molecule has 1 saturated heterocycles. The Balaban J connectivity index is 1.67. The molecule has 1 aromatic carbocycles. The molecule has 31 heavy (non-hydrogen) atoms. The van der Waals surface area contributed by atoms with Gasteiger partial charge < -0.3 is 19.9 Å². The monoisotopic (exact) mass is 425 g/mol. The van der Waals surface area contributed by atoms with Crippen LogP contribution in [0.2, 0.25) is 0 Å². The van der Waals surface area contributed by atoms with Crippen LogP contribution in [0.1, 0.15) is 61.4 Å². The molecule has 0 unspecified atom stereocenters. The second kappa shape index (κ2) is 11.5. The molecular formula is C25H31NO5. The van der Waals surface area contributed by atoms with Crippen LogP contribution in [0.5, 0.6) is 5.75 Å². The Labute approximate surface area is 183 Å². The lowest BCUT2D eigenvalue weighted by atomic mass is 9.92. The average Bonchev–Trinajstić information content (AvgIpc) is 2.74. The van der Waals surface area contributed by atoms with Crippen LogP contribution in [0.4, 0.5) is 0 Å². The van der Waals surface area contributed by atoms with Crippen molar-refractivity contribution in [3.8, 4) is 5.75 Å². The summed E-state index contributed by atoms with van der Waals surface area (Å²) in [4.78, 5) is 24.6. The van der Waals surface area contributed by atoms with E-state index in [-0.39, 0.29) is 29.4 Å². The summed E-state index contributed by atoms with van der Waals surface area (Å²) in [6.45, 7) is 2.03. The summed E-state index contributed by atoms with van der Waals surface area (Å²) in [6, 6.07) is 5.09. The summed E-state index contributed by atoms with van der Waals surface area (Å²) < 4.78 is 12.0. The van der Waals surface area contributed by atoms with Crippen molar-refractivity contribution < 1.29 is 24.2 Å². The van der Waals surface area contributed by atoms with E-state index < -0.39 is 12.1 Å². The number of rotatable bonds is 6. The Morgan fingerprint density at radius 2 is 2.06 bits per heavy atom. The third kappa shape index (κ3) is 6.82. The fourth-order valence-corrected chi connectivity index (χ4v) is 4.01. The van der Waals surface area contributed by atoms with E-state index in [1.54, 1.807) is 24.4 Å². The molecule has 6 nitrogen and oxygen atoms in total. The number of carbonyl (C=O) groups is 2. The number of cyclic esters (lactones) is 1. The van der Waals surface area contributed by atoms with E-state index in [1.807, 2.05) is 25.1 Å². The van der Waals surface area contributed by atoms with E-state index in [4.69, 9.17) is 9.47 Å². The largest absolute Gasteiger partial charge is 0.507 e. The van der Waals surface area contributed by atoms with Gasteiger partial charge in [-0.05, 0) is 43.7 Å². The molecule has 1 fully saturated rings. The molecule has 166 valence electrons. The molecule has 6 heteroatoms. The molecule has 2 bridgehead atoms. The highest BCUT2D eigenvalue weighted by atomic mass is 16.5. The number of esters is 1. The Morgan fingerprint density at radius 3 is 2.90 bits per heavy atom. The van der Waals surface area contributed by atoms with Crippen LogP contribution in [-0.2, 0) is 20.7 Å². The predicted molar refractivity (Wildman–Crippen MR) is 119 cm³/mol. The number of ether oxygens (including phenoxy) is 2. The molecule has 2 N–H and O–H groups in total. The molecule has 0 aromatic heterocycles. The number of allylic oxidation sites excluding steroid dienone is 3. The molecule has 0 spiro atoms. The van der Waals surface area contributed by atoms with Crippen LogP contribution < -0.4 is 5.32 Å². The van der Waals surface area contributed by atoms with Crippen LogP contribution in [0, 0.1) is 0 Å². The van der Waals surface area contributed by atoms with Crippen molar-refractivity contribution in [3.63, 3.8) is 0 Å². The number of phenols is 1. The van der Waals surface area contributed by atoms with Crippen LogP contribution in [0.15, 0.2) is 54.8 Å². The van der Waals surface area contributed by atoms with Crippen molar-refractivity contribution in [2.75, 3.05) is 0 Å². The molecular weight excluding hydrogens is 394 g/mol. The first-order valence-corrected chi connectivity index (χ1v) is 11.0. The number of benzene rings is 1. The van der Waals surface area contributed by atoms with Crippen LogP contribution in [0.25, 0.3) is 0 Å². The molecule has 2 aliphatic rings. The first-order chi connectivity index (χ1) is 15.1. The first kappa shape index (κ1) is 22.8. The third-order valence-corrected chi connectivity index (χ3v) is 5.49. The fraction of sp³-hybridized carbons (Fsp3) is 0.440. The van der Waals surface area contributed by atoms with Crippen molar-refractivity contribution in [3.05, 3.63) is 65.9 Å². The summed E-state index contributed by atoms with van der Waals surface area (Å²) >= 11 is 0. The zero-order valence-electron chi connectivity index (χ0n) is 18.0. The van der Waals surface area contributed by atoms with Gasteiger partial charge in [-0.3, -0.25) is 4.79 Å². The van der Waals surface area contributed by atoms with E-state index in [2.05, 4.69) is 5.32 Å². The van der Waals surface area contributed by atoms with Gasteiger partial charge >= 0.3 is 5.97 Å². The van der Waals surface area contributed by atoms with Crippen molar-refractivity contribution in [1.29, 1.82) is 0 Å². The highest BCUT2D eigenvalue weighted by molar-refractivity contribution is 5.94. The number of aromatic hydroxyl groups is 1. The molecule has 0 radical (unpaired) electrons. The van der Waals surface area contributed by atoms with E-state index >= 15 is 0 Å². The lowest BCUT2D eigenvalue weighted by Crippen LogP contribution is -2.35. The highest BCUT2D eigenvalue weighted by Crippen LogP contribution is 2.31. The maximum atomic E-state index is 12.9. The normalized spacial score (nSPS) is 24.3. The summed E-state index contributed by atoms with van der Waals surface area (Å²) in [5.41, 5.74) is 0.977. The van der Waals surface area contributed by atoms with Gasteiger partial charge in [0, 0.05) is 25.1 Å². The minimum Gasteiger partial charge on any atom is -0.507 e. The highest BCUT2D eigenvalue weighted by Gasteiger charge is 2.31. The Kier molecular flexibility index (Phi) is 8.47. The van der Waals surface area contributed by atoms with Crippen molar-refractivity contribution in [2.24, 2.45) is 0 Å². The Morgan fingerprint density at radius 1 is 1.23 bits per heavy atom. The second-order valence-corrected chi connectivity index (χ2v) is 7.93. The van der Waals surface area contributed by atoms with Gasteiger partial charge in [0.2, 0.25) is 5.91 Å². The smallest absolute Gasteiger partial charge is 0.342 e. The topological polar surface area (TPSA) is 84.9 Å². The van der Waals surface area contributed by atoms with E-state index in [0.29, 0.717) is 19.3 Å². The minimum absolute atomic E-state index is 0.0340. The van der Waals surface area contributed by atoms with Crippen LogP contribution >= 0.6 is 0 Å². The summed E-state index contributed by atoms with van der Waals surface area (Å²) in [7, 11) is 0. The van der Waals surface area contributed by atoms with E-state index in [1.165, 1.54) is 12.1 Å².